The molecule has 1 amide bonds. The molecule has 0 bridgehead atoms. The summed E-state index contributed by atoms with van der Waals surface area (Å²) in [5, 5.41) is 11.8. The van der Waals surface area contributed by atoms with Crippen LogP contribution in [0, 0.1) is 0 Å². The summed E-state index contributed by atoms with van der Waals surface area (Å²) in [6.45, 7) is 1.19. The molecule has 2 aromatic carbocycles. The van der Waals surface area contributed by atoms with E-state index in [-0.39, 0.29) is 12.3 Å². The number of carbonyl (C=O) groups is 2. The standard InChI is InChI=1S/C19H20N2O3/c22-18-17(11-16(20-18)19(23)24)21(12-14-7-3-1-4-8-14)13-15-9-5-2-6-10-15/h1-10,16-17H,11-13H2,(H,20,22)(H,23,24)/t16-,17+/m0/s1. The predicted octanol–water partition coefficient (Wildman–Crippen LogP) is 2.03. The normalized spacial score (nSPS) is 20.1. The molecule has 2 N–H and O–H groups in total. The Hall–Kier alpha value is -2.66. The minimum absolute atomic E-state index is 0.214. The van der Waals surface area contributed by atoms with Gasteiger partial charge in [-0.25, -0.2) is 4.79 Å². The molecule has 1 saturated heterocycles. The molecule has 0 aliphatic carbocycles. The summed E-state index contributed by atoms with van der Waals surface area (Å²) in [4.78, 5) is 25.5. The third-order valence-electron chi connectivity index (χ3n) is 4.27. The highest BCUT2D eigenvalue weighted by Gasteiger charge is 2.39. The smallest absolute Gasteiger partial charge is 0.326 e. The molecule has 1 fully saturated rings. The molecule has 1 heterocycles. The number of aliphatic carboxylic acids is 1. The molecule has 1 aliphatic rings. The molecule has 2 aromatic rings. The molecule has 24 heavy (non-hydrogen) atoms. The number of amides is 1. The Labute approximate surface area is 140 Å². The third kappa shape index (κ3) is 3.81. The summed E-state index contributed by atoms with van der Waals surface area (Å²) in [5.74, 6) is -1.19. The lowest BCUT2D eigenvalue weighted by Gasteiger charge is -2.27. The maximum absolute atomic E-state index is 12.3. The van der Waals surface area contributed by atoms with Gasteiger partial charge in [0, 0.05) is 19.5 Å². The molecule has 124 valence electrons. The second kappa shape index (κ2) is 7.27. The van der Waals surface area contributed by atoms with Crippen molar-refractivity contribution in [1.82, 2.24) is 10.2 Å². The maximum atomic E-state index is 12.3. The van der Waals surface area contributed by atoms with Crippen LogP contribution in [0.1, 0.15) is 17.5 Å². The Balaban J connectivity index is 1.81. The van der Waals surface area contributed by atoms with Crippen molar-refractivity contribution < 1.29 is 14.7 Å². The summed E-state index contributed by atoms with van der Waals surface area (Å²) in [6.07, 6.45) is 0.286. The number of hydrogen-bond donors (Lipinski definition) is 2. The largest absolute Gasteiger partial charge is 0.480 e. The number of carboxylic acid groups (broad SMARTS) is 1. The monoisotopic (exact) mass is 324 g/mol. The lowest BCUT2D eigenvalue weighted by atomic mass is 10.1. The van der Waals surface area contributed by atoms with Crippen LogP contribution in [-0.2, 0) is 22.7 Å². The van der Waals surface area contributed by atoms with Crippen molar-refractivity contribution in [3.63, 3.8) is 0 Å². The first-order valence-corrected chi connectivity index (χ1v) is 7.98. The molecule has 3 rings (SSSR count). The van der Waals surface area contributed by atoms with Crippen molar-refractivity contribution in [2.45, 2.75) is 31.6 Å². The van der Waals surface area contributed by atoms with Crippen LogP contribution >= 0.6 is 0 Å². The van der Waals surface area contributed by atoms with E-state index < -0.39 is 18.1 Å². The number of hydrogen-bond acceptors (Lipinski definition) is 3. The van der Waals surface area contributed by atoms with Crippen molar-refractivity contribution in [3.05, 3.63) is 71.8 Å². The van der Waals surface area contributed by atoms with Gasteiger partial charge in [-0.15, -0.1) is 0 Å². The second-order valence-corrected chi connectivity index (χ2v) is 6.03. The first kappa shape index (κ1) is 16.2. The van der Waals surface area contributed by atoms with Crippen LogP contribution in [0.5, 0.6) is 0 Å². The highest BCUT2D eigenvalue weighted by molar-refractivity contribution is 5.91. The fourth-order valence-electron chi connectivity index (χ4n) is 3.05. The molecule has 0 radical (unpaired) electrons. The van der Waals surface area contributed by atoms with Gasteiger partial charge in [0.2, 0.25) is 5.91 Å². The molecule has 0 saturated carbocycles. The predicted molar refractivity (Wildman–Crippen MR) is 90.1 cm³/mol. The van der Waals surface area contributed by atoms with Crippen molar-refractivity contribution >= 4 is 11.9 Å². The Bertz CT molecular complexity index is 662. The zero-order chi connectivity index (χ0) is 16.9. The topological polar surface area (TPSA) is 69.6 Å². The van der Waals surface area contributed by atoms with Crippen LogP contribution in [-0.4, -0.2) is 34.0 Å². The van der Waals surface area contributed by atoms with Crippen LogP contribution in [0.2, 0.25) is 0 Å². The number of carbonyl (C=O) groups excluding carboxylic acids is 1. The van der Waals surface area contributed by atoms with Gasteiger partial charge in [-0.1, -0.05) is 60.7 Å². The quantitative estimate of drug-likeness (QED) is 0.853. The van der Waals surface area contributed by atoms with Gasteiger partial charge in [-0.2, -0.15) is 0 Å². The fourth-order valence-corrected chi connectivity index (χ4v) is 3.05. The van der Waals surface area contributed by atoms with Gasteiger partial charge in [0.25, 0.3) is 0 Å². The lowest BCUT2D eigenvalue weighted by Crippen LogP contribution is -2.40. The SMILES string of the molecule is O=C(O)[C@@H]1C[C@@H](N(Cc2ccccc2)Cc2ccccc2)C(=O)N1. The molecule has 0 spiro atoms. The van der Waals surface area contributed by atoms with Gasteiger partial charge in [0.15, 0.2) is 0 Å². The number of benzene rings is 2. The van der Waals surface area contributed by atoms with E-state index in [1.165, 1.54) is 0 Å². The number of carboxylic acids is 1. The minimum atomic E-state index is -0.981. The van der Waals surface area contributed by atoms with E-state index in [0.29, 0.717) is 13.1 Å². The fraction of sp³-hybridized carbons (Fsp3) is 0.263. The van der Waals surface area contributed by atoms with E-state index in [1.807, 2.05) is 65.6 Å². The van der Waals surface area contributed by atoms with Crippen molar-refractivity contribution in [3.8, 4) is 0 Å². The van der Waals surface area contributed by atoms with E-state index in [4.69, 9.17) is 0 Å². The summed E-state index contributed by atoms with van der Waals surface area (Å²) < 4.78 is 0. The highest BCUT2D eigenvalue weighted by Crippen LogP contribution is 2.21. The Morgan fingerprint density at radius 3 is 1.92 bits per heavy atom. The molecule has 5 heteroatoms. The first-order valence-electron chi connectivity index (χ1n) is 7.98. The van der Waals surface area contributed by atoms with Crippen LogP contribution in [0.15, 0.2) is 60.7 Å². The van der Waals surface area contributed by atoms with E-state index in [0.717, 1.165) is 11.1 Å². The Morgan fingerprint density at radius 1 is 1.00 bits per heavy atom. The van der Waals surface area contributed by atoms with Gasteiger partial charge in [0.05, 0.1) is 6.04 Å². The van der Waals surface area contributed by atoms with Crippen molar-refractivity contribution in [2.24, 2.45) is 0 Å². The molecule has 0 unspecified atom stereocenters. The number of nitrogens with one attached hydrogen (secondary N) is 1. The average molecular weight is 324 g/mol. The number of nitrogens with zero attached hydrogens (tertiary/aromatic N) is 1. The number of rotatable bonds is 6. The molecule has 0 aromatic heterocycles. The molecule has 1 aliphatic heterocycles. The lowest BCUT2D eigenvalue weighted by molar-refractivity contribution is -0.140. The van der Waals surface area contributed by atoms with Crippen LogP contribution < -0.4 is 5.32 Å². The Kier molecular flexibility index (Phi) is 4.91. The molecular formula is C19H20N2O3. The minimum Gasteiger partial charge on any atom is -0.480 e. The van der Waals surface area contributed by atoms with Crippen LogP contribution in [0.4, 0.5) is 0 Å². The second-order valence-electron chi connectivity index (χ2n) is 6.03. The van der Waals surface area contributed by atoms with Crippen molar-refractivity contribution in [1.29, 1.82) is 0 Å². The highest BCUT2D eigenvalue weighted by atomic mass is 16.4. The maximum Gasteiger partial charge on any atom is 0.326 e. The summed E-state index contributed by atoms with van der Waals surface area (Å²) in [7, 11) is 0. The summed E-state index contributed by atoms with van der Waals surface area (Å²) in [6, 6.07) is 18.6. The zero-order valence-corrected chi connectivity index (χ0v) is 13.3. The van der Waals surface area contributed by atoms with Gasteiger partial charge in [-0.05, 0) is 11.1 Å². The Morgan fingerprint density at radius 2 is 1.50 bits per heavy atom. The van der Waals surface area contributed by atoms with Crippen LogP contribution in [0.3, 0.4) is 0 Å². The zero-order valence-electron chi connectivity index (χ0n) is 13.3. The third-order valence-corrected chi connectivity index (χ3v) is 4.27. The van der Waals surface area contributed by atoms with Gasteiger partial charge >= 0.3 is 5.97 Å². The summed E-state index contributed by atoms with van der Waals surface area (Å²) in [5.41, 5.74) is 2.19. The van der Waals surface area contributed by atoms with E-state index in [1.54, 1.807) is 0 Å². The molecule has 2 atom stereocenters. The van der Waals surface area contributed by atoms with Crippen molar-refractivity contribution in [2.75, 3.05) is 0 Å². The van der Waals surface area contributed by atoms with Crippen LogP contribution in [0.25, 0.3) is 0 Å². The van der Waals surface area contributed by atoms with Gasteiger partial charge in [0.1, 0.15) is 6.04 Å². The van der Waals surface area contributed by atoms with Gasteiger partial charge in [-0.3, -0.25) is 9.69 Å². The van der Waals surface area contributed by atoms with E-state index in [9.17, 15) is 14.7 Å². The molecular weight excluding hydrogens is 304 g/mol. The van der Waals surface area contributed by atoms with E-state index in [2.05, 4.69) is 5.32 Å². The molecule has 5 nitrogen and oxygen atoms in total. The first-order chi connectivity index (χ1) is 11.6. The van der Waals surface area contributed by atoms with Gasteiger partial charge < -0.3 is 10.4 Å². The van der Waals surface area contributed by atoms with E-state index >= 15 is 0 Å². The summed E-state index contributed by atoms with van der Waals surface area (Å²) >= 11 is 0. The average Bonchev–Trinajstić information content (AvgIpc) is 2.98.